The van der Waals surface area contributed by atoms with Crippen LogP contribution in [-0.2, 0) is 16.6 Å². The lowest BCUT2D eigenvalue weighted by Crippen LogP contribution is -2.25. The SMILES string of the molecule is C#CCSCCNS(=O)(=O)c1ccc(CNCC(C)C)o1. The zero-order valence-electron chi connectivity index (χ0n) is 12.4. The van der Waals surface area contributed by atoms with E-state index in [2.05, 4.69) is 29.8 Å². The Balaban J connectivity index is 2.44. The van der Waals surface area contributed by atoms with E-state index in [1.807, 2.05) is 0 Å². The van der Waals surface area contributed by atoms with Crippen LogP contribution in [0, 0.1) is 18.3 Å². The Morgan fingerprint density at radius 2 is 2.19 bits per heavy atom. The molecule has 0 amide bonds. The van der Waals surface area contributed by atoms with Crippen LogP contribution in [0.25, 0.3) is 0 Å². The highest BCUT2D eigenvalue weighted by Gasteiger charge is 2.17. The number of rotatable bonds is 10. The molecule has 1 rings (SSSR count). The Hall–Kier alpha value is -0.940. The van der Waals surface area contributed by atoms with Gasteiger partial charge in [-0.3, -0.25) is 0 Å². The van der Waals surface area contributed by atoms with Crippen LogP contribution in [0.2, 0.25) is 0 Å². The van der Waals surface area contributed by atoms with E-state index in [0.717, 1.165) is 6.54 Å². The molecule has 0 saturated carbocycles. The predicted molar refractivity (Wildman–Crippen MR) is 86.6 cm³/mol. The van der Waals surface area contributed by atoms with E-state index in [0.29, 0.717) is 36.3 Å². The summed E-state index contributed by atoms with van der Waals surface area (Å²) in [5.74, 6) is 4.84. The van der Waals surface area contributed by atoms with Gasteiger partial charge < -0.3 is 9.73 Å². The van der Waals surface area contributed by atoms with Crippen LogP contribution >= 0.6 is 11.8 Å². The zero-order valence-corrected chi connectivity index (χ0v) is 14.0. The lowest BCUT2D eigenvalue weighted by Gasteiger charge is -2.05. The van der Waals surface area contributed by atoms with Crippen LogP contribution in [-0.4, -0.2) is 33.0 Å². The topological polar surface area (TPSA) is 71.3 Å². The van der Waals surface area contributed by atoms with E-state index in [-0.39, 0.29) is 5.09 Å². The molecule has 1 heterocycles. The standard InChI is InChI=1S/C14H22N2O3S2/c1-4-8-20-9-7-16-21(17,18)14-6-5-13(19-14)11-15-10-12(2)3/h1,5-6,12,15-16H,7-11H2,2-3H3. The van der Waals surface area contributed by atoms with Crippen molar-refractivity contribution in [1.82, 2.24) is 10.0 Å². The maximum absolute atomic E-state index is 12.0. The van der Waals surface area contributed by atoms with Gasteiger partial charge in [-0.15, -0.1) is 18.2 Å². The fourth-order valence-corrected chi connectivity index (χ4v) is 3.15. The van der Waals surface area contributed by atoms with Crippen molar-refractivity contribution in [1.29, 1.82) is 0 Å². The summed E-state index contributed by atoms with van der Waals surface area (Å²) in [5, 5.41) is 3.15. The Labute approximate surface area is 131 Å². The molecule has 7 heteroatoms. The first kappa shape index (κ1) is 18.1. The Morgan fingerprint density at radius 1 is 1.43 bits per heavy atom. The third-order valence-electron chi connectivity index (χ3n) is 2.48. The second-order valence-corrected chi connectivity index (χ2v) is 7.70. The van der Waals surface area contributed by atoms with Gasteiger partial charge in [0.1, 0.15) is 5.76 Å². The summed E-state index contributed by atoms with van der Waals surface area (Å²) in [6.07, 6.45) is 5.12. The molecule has 0 fully saturated rings. The van der Waals surface area contributed by atoms with Gasteiger partial charge in [0.15, 0.2) is 0 Å². The van der Waals surface area contributed by atoms with Gasteiger partial charge >= 0.3 is 0 Å². The molecule has 0 aliphatic heterocycles. The molecule has 21 heavy (non-hydrogen) atoms. The minimum Gasteiger partial charge on any atom is -0.447 e. The molecule has 2 N–H and O–H groups in total. The zero-order chi connectivity index (χ0) is 15.7. The van der Waals surface area contributed by atoms with Crippen molar-refractivity contribution >= 4 is 21.8 Å². The van der Waals surface area contributed by atoms with Crippen molar-refractivity contribution in [3.63, 3.8) is 0 Å². The predicted octanol–water partition coefficient (Wildman–Crippen LogP) is 1.67. The normalized spacial score (nSPS) is 11.7. The van der Waals surface area contributed by atoms with Crippen molar-refractivity contribution in [2.75, 3.05) is 24.6 Å². The first-order valence-electron chi connectivity index (χ1n) is 6.76. The van der Waals surface area contributed by atoms with Crippen LogP contribution < -0.4 is 10.0 Å². The van der Waals surface area contributed by atoms with Crippen LogP contribution in [0.3, 0.4) is 0 Å². The van der Waals surface area contributed by atoms with E-state index < -0.39 is 10.0 Å². The summed E-state index contributed by atoms with van der Waals surface area (Å²) in [6, 6.07) is 3.15. The van der Waals surface area contributed by atoms with Crippen molar-refractivity contribution in [3.05, 3.63) is 17.9 Å². The average Bonchev–Trinajstić information content (AvgIpc) is 2.87. The van der Waals surface area contributed by atoms with E-state index in [9.17, 15) is 8.42 Å². The maximum atomic E-state index is 12.0. The van der Waals surface area contributed by atoms with Gasteiger partial charge in [0.25, 0.3) is 10.0 Å². The molecule has 0 aliphatic carbocycles. The molecule has 0 spiro atoms. The van der Waals surface area contributed by atoms with Gasteiger partial charge in [-0.2, -0.15) is 0 Å². The summed E-state index contributed by atoms with van der Waals surface area (Å²) in [4.78, 5) is 0. The van der Waals surface area contributed by atoms with Gasteiger partial charge in [0.05, 0.1) is 12.3 Å². The van der Waals surface area contributed by atoms with Crippen molar-refractivity contribution in [2.24, 2.45) is 5.92 Å². The Kier molecular flexibility index (Phi) is 7.89. The van der Waals surface area contributed by atoms with E-state index in [4.69, 9.17) is 10.8 Å². The van der Waals surface area contributed by atoms with Crippen molar-refractivity contribution in [2.45, 2.75) is 25.5 Å². The number of nitrogens with one attached hydrogen (secondary N) is 2. The van der Waals surface area contributed by atoms with Crippen LogP contribution in [0.1, 0.15) is 19.6 Å². The van der Waals surface area contributed by atoms with Gasteiger partial charge in [-0.05, 0) is 24.6 Å². The number of hydrogen-bond donors (Lipinski definition) is 2. The number of furan rings is 1. The second kappa shape index (κ2) is 9.15. The molecule has 1 aromatic rings. The highest BCUT2D eigenvalue weighted by Crippen LogP contribution is 2.13. The summed E-state index contributed by atoms with van der Waals surface area (Å²) in [7, 11) is -3.58. The first-order chi connectivity index (χ1) is 9.95. The molecule has 0 aliphatic rings. The molecule has 0 aromatic carbocycles. The molecule has 0 radical (unpaired) electrons. The quantitative estimate of drug-likeness (QED) is 0.504. The molecule has 0 saturated heterocycles. The van der Waals surface area contributed by atoms with Crippen molar-refractivity contribution < 1.29 is 12.8 Å². The smallest absolute Gasteiger partial charge is 0.273 e. The first-order valence-corrected chi connectivity index (χ1v) is 9.40. The van der Waals surface area contributed by atoms with E-state index >= 15 is 0 Å². The number of hydrogen-bond acceptors (Lipinski definition) is 5. The molecule has 118 valence electrons. The maximum Gasteiger partial charge on any atom is 0.273 e. The van der Waals surface area contributed by atoms with E-state index in [1.165, 1.54) is 17.8 Å². The van der Waals surface area contributed by atoms with Gasteiger partial charge in [0.2, 0.25) is 5.09 Å². The molecule has 5 nitrogen and oxygen atoms in total. The second-order valence-electron chi connectivity index (χ2n) is 4.90. The minimum absolute atomic E-state index is 0.0502. The molecular formula is C14H22N2O3S2. The fourth-order valence-electron chi connectivity index (χ4n) is 1.53. The third kappa shape index (κ3) is 7.05. The Bertz CT molecular complexity index is 559. The van der Waals surface area contributed by atoms with Crippen molar-refractivity contribution in [3.8, 4) is 12.3 Å². The van der Waals surface area contributed by atoms with Crippen LogP contribution in [0.5, 0.6) is 0 Å². The summed E-state index contributed by atoms with van der Waals surface area (Å²) in [6.45, 7) is 5.91. The monoisotopic (exact) mass is 330 g/mol. The van der Waals surface area contributed by atoms with Crippen LogP contribution in [0.4, 0.5) is 0 Å². The number of thioether (sulfide) groups is 1. The average molecular weight is 330 g/mol. The van der Waals surface area contributed by atoms with Crippen LogP contribution in [0.15, 0.2) is 21.6 Å². The third-order valence-corrected chi connectivity index (χ3v) is 4.67. The fraction of sp³-hybridized carbons (Fsp3) is 0.571. The highest BCUT2D eigenvalue weighted by atomic mass is 32.2. The molecule has 0 unspecified atom stereocenters. The largest absolute Gasteiger partial charge is 0.447 e. The lowest BCUT2D eigenvalue weighted by molar-refractivity contribution is 0.395. The Morgan fingerprint density at radius 3 is 2.86 bits per heavy atom. The molecule has 1 aromatic heterocycles. The number of terminal acetylenes is 1. The number of sulfonamides is 1. The van der Waals surface area contributed by atoms with Gasteiger partial charge in [-0.25, -0.2) is 13.1 Å². The lowest BCUT2D eigenvalue weighted by atomic mass is 10.2. The summed E-state index contributed by atoms with van der Waals surface area (Å²) < 4.78 is 31.8. The van der Waals surface area contributed by atoms with E-state index in [1.54, 1.807) is 6.07 Å². The highest BCUT2D eigenvalue weighted by molar-refractivity contribution is 7.99. The molecular weight excluding hydrogens is 308 g/mol. The molecule has 0 bridgehead atoms. The molecule has 0 atom stereocenters. The van der Waals surface area contributed by atoms with Gasteiger partial charge in [-0.1, -0.05) is 19.8 Å². The minimum atomic E-state index is -3.58. The van der Waals surface area contributed by atoms with Gasteiger partial charge in [0, 0.05) is 12.3 Å². The summed E-state index contributed by atoms with van der Waals surface area (Å²) in [5.41, 5.74) is 0. The summed E-state index contributed by atoms with van der Waals surface area (Å²) >= 11 is 1.50.